The van der Waals surface area contributed by atoms with E-state index in [1.807, 2.05) is 11.6 Å². The van der Waals surface area contributed by atoms with Crippen LogP contribution in [-0.2, 0) is 0 Å². The molecule has 0 aliphatic carbocycles. The van der Waals surface area contributed by atoms with Gasteiger partial charge in [0.15, 0.2) is 0 Å². The lowest BCUT2D eigenvalue weighted by Crippen LogP contribution is -2.28. The minimum Gasteiger partial charge on any atom is -0.290 e. The van der Waals surface area contributed by atoms with Crippen molar-refractivity contribution in [1.29, 1.82) is 0 Å². The molecule has 5 nitrogen and oxygen atoms in total. The van der Waals surface area contributed by atoms with E-state index in [2.05, 4.69) is 21.8 Å². The summed E-state index contributed by atoms with van der Waals surface area (Å²) in [6, 6.07) is 0. The molecule has 1 aliphatic heterocycles. The zero-order valence-electron chi connectivity index (χ0n) is 12.5. The number of hydrogen-bond donors (Lipinski definition) is 0. The number of rotatable bonds is 9. The van der Waals surface area contributed by atoms with Crippen molar-refractivity contribution in [2.24, 2.45) is 5.11 Å². The maximum atomic E-state index is 8.56. The number of nitrogens with zero attached hydrogens (tertiary/aromatic N) is 5. The van der Waals surface area contributed by atoms with Crippen molar-refractivity contribution in [3.05, 3.63) is 10.4 Å². The Hall–Kier alpha value is -1.22. The minimum atomic E-state index is 0.797. The van der Waals surface area contributed by atoms with Gasteiger partial charge in [-0.15, -0.1) is 0 Å². The fourth-order valence-electron chi connectivity index (χ4n) is 2.54. The topological polar surface area (TPSA) is 55.0 Å². The molecule has 1 heterocycles. The van der Waals surface area contributed by atoms with E-state index in [0.29, 0.717) is 0 Å². The zero-order chi connectivity index (χ0) is 13.9. The van der Waals surface area contributed by atoms with Crippen LogP contribution < -0.4 is 0 Å². The van der Waals surface area contributed by atoms with Crippen molar-refractivity contribution in [1.82, 2.24) is 4.90 Å². The minimum absolute atomic E-state index is 0.797. The van der Waals surface area contributed by atoms with Crippen LogP contribution in [0.4, 0.5) is 0 Å². The van der Waals surface area contributed by atoms with Crippen molar-refractivity contribution in [3.8, 4) is 0 Å². The Morgan fingerprint density at radius 2 is 1.79 bits per heavy atom. The van der Waals surface area contributed by atoms with Gasteiger partial charge in [0.2, 0.25) is 0 Å². The van der Waals surface area contributed by atoms with E-state index in [1.54, 1.807) is 0 Å². The largest absolute Gasteiger partial charge is 0.290 e. The molecule has 0 saturated heterocycles. The summed E-state index contributed by atoms with van der Waals surface area (Å²) in [5.74, 6) is 0.797. The molecule has 0 fully saturated rings. The molecule has 0 aromatic carbocycles. The molecule has 0 N–H and O–H groups in total. The van der Waals surface area contributed by atoms with E-state index in [1.165, 1.54) is 51.4 Å². The average molecular weight is 266 g/mol. The molecule has 1 rings (SSSR count). The molecule has 0 bridgehead atoms. The van der Waals surface area contributed by atoms with E-state index >= 15 is 0 Å². The molecule has 0 atom stereocenters. The number of likely N-dealkylation sites (N-methyl/N-ethyl adjacent to an activating group) is 1. The summed E-state index contributed by atoms with van der Waals surface area (Å²) in [6.45, 7) is 5.23. The zero-order valence-corrected chi connectivity index (χ0v) is 12.5. The first-order valence-electron chi connectivity index (χ1n) is 7.67. The van der Waals surface area contributed by atoms with Gasteiger partial charge >= 0.3 is 0 Å². The van der Waals surface area contributed by atoms with Gasteiger partial charge in [0.05, 0.1) is 26.7 Å². The average Bonchev–Trinajstić information content (AvgIpc) is 2.75. The highest BCUT2D eigenvalue weighted by Gasteiger charge is 2.23. The monoisotopic (exact) mass is 266 g/mol. The van der Waals surface area contributed by atoms with Crippen LogP contribution in [0.3, 0.4) is 0 Å². The van der Waals surface area contributed by atoms with Gasteiger partial charge in [-0.25, -0.2) is 0 Å². The first kappa shape index (κ1) is 15.8. The predicted molar refractivity (Wildman–Crippen MR) is 79.4 cm³/mol. The molecule has 0 unspecified atom stereocenters. The third-order valence-corrected chi connectivity index (χ3v) is 3.75. The molecule has 0 aromatic heterocycles. The lowest BCUT2D eigenvalue weighted by Gasteiger charge is -2.12. The molecule has 0 amide bonds. The van der Waals surface area contributed by atoms with E-state index in [-0.39, 0.29) is 0 Å². The normalized spacial score (nSPS) is 14.9. The van der Waals surface area contributed by atoms with Gasteiger partial charge in [-0.05, 0) is 12.0 Å². The first-order valence-corrected chi connectivity index (χ1v) is 7.67. The number of unbranched alkanes of at least 4 members (excludes halogenated alkanes) is 7. The third-order valence-electron chi connectivity index (χ3n) is 3.75. The maximum Gasteiger partial charge on any atom is 0.282 e. The van der Waals surface area contributed by atoms with Crippen LogP contribution in [0.1, 0.15) is 58.3 Å². The summed E-state index contributed by atoms with van der Waals surface area (Å²) < 4.78 is 2.03. The van der Waals surface area contributed by atoms with Crippen molar-refractivity contribution in [2.45, 2.75) is 58.3 Å². The van der Waals surface area contributed by atoms with Crippen molar-refractivity contribution in [3.63, 3.8) is 0 Å². The van der Waals surface area contributed by atoms with Gasteiger partial charge in [-0.2, -0.15) is 0 Å². The molecule has 108 valence electrons. The smallest absolute Gasteiger partial charge is 0.282 e. The van der Waals surface area contributed by atoms with Crippen LogP contribution in [0.25, 0.3) is 10.4 Å². The molecule has 0 spiro atoms. The van der Waals surface area contributed by atoms with Crippen molar-refractivity contribution < 1.29 is 4.58 Å². The van der Waals surface area contributed by atoms with Gasteiger partial charge in [-0.3, -0.25) is 9.48 Å². The molecule has 1 aliphatic rings. The Balaban J connectivity index is 2.08. The summed E-state index contributed by atoms with van der Waals surface area (Å²) in [4.78, 5) is 5.11. The fraction of sp³-hybridized carbons (Fsp3) is 0.929. The summed E-state index contributed by atoms with van der Waals surface area (Å²) in [7, 11) is 1.98. The van der Waals surface area contributed by atoms with Gasteiger partial charge < -0.3 is 0 Å². The number of hydrogen-bond acceptors (Lipinski definition) is 2. The van der Waals surface area contributed by atoms with Crippen LogP contribution in [0.2, 0.25) is 0 Å². The van der Waals surface area contributed by atoms with Gasteiger partial charge in [0.1, 0.15) is 0 Å². The molecule has 19 heavy (non-hydrogen) atoms. The van der Waals surface area contributed by atoms with Crippen LogP contribution in [-0.4, -0.2) is 42.1 Å². The third kappa shape index (κ3) is 5.97. The molecule has 0 aromatic rings. The number of azide groups is 1. The Bertz CT molecular complexity index is 331. The molecule has 0 radical (unpaired) electrons. The second-order valence-electron chi connectivity index (χ2n) is 5.37. The van der Waals surface area contributed by atoms with Crippen LogP contribution in [0.5, 0.6) is 0 Å². The second kappa shape index (κ2) is 9.68. The molecule has 0 saturated carbocycles. The molecular weight excluding hydrogens is 238 g/mol. The summed E-state index contributed by atoms with van der Waals surface area (Å²) >= 11 is 0. The molecular formula is C14H28N5+. The van der Waals surface area contributed by atoms with Crippen LogP contribution in [0, 0.1) is 0 Å². The lowest BCUT2D eigenvalue weighted by atomic mass is 10.1. The SMILES string of the molecule is CCCCCCCCCCN1CC[N+](C)=C1N=[N+]=[N-]. The second-order valence-corrected chi connectivity index (χ2v) is 5.37. The van der Waals surface area contributed by atoms with E-state index in [4.69, 9.17) is 5.53 Å². The highest BCUT2D eigenvalue weighted by molar-refractivity contribution is 5.76. The van der Waals surface area contributed by atoms with E-state index < -0.39 is 0 Å². The first-order chi connectivity index (χ1) is 9.29. The summed E-state index contributed by atoms with van der Waals surface area (Å²) in [6.07, 6.45) is 10.7. The predicted octanol–water partition coefficient (Wildman–Crippen LogP) is 3.75. The Labute approximate surface area is 116 Å². The highest BCUT2D eigenvalue weighted by atomic mass is 15.4. The standard InChI is InChI=1S/C14H28N5/c1-3-4-5-6-7-8-9-10-11-19-13-12-18(2)14(19)16-17-15/h3-13H2,1-2H3/q+1. The van der Waals surface area contributed by atoms with Crippen LogP contribution >= 0.6 is 0 Å². The van der Waals surface area contributed by atoms with E-state index in [9.17, 15) is 0 Å². The summed E-state index contributed by atoms with van der Waals surface area (Å²) in [5, 5.41) is 3.78. The Morgan fingerprint density at radius 1 is 1.16 bits per heavy atom. The Morgan fingerprint density at radius 3 is 2.42 bits per heavy atom. The Kier molecular flexibility index (Phi) is 8.07. The van der Waals surface area contributed by atoms with E-state index in [0.717, 1.165) is 25.6 Å². The maximum absolute atomic E-state index is 8.56. The quantitative estimate of drug-likeness (QED) is 0.206. The van der Waals surface area contributed by atoms with Gasteiger partial charge in [0.25, 0.3) is 5.96 Å². The van der Waals surface area contributed by atoms with Crippen molar-refractivity contribution in [2.75, 3.05) is 26.7 Å². The lowest BCUT2D eigenvalue weighted by molar-refractivity contribution is -0.487. The molecule has 5 heteroatoms. The fourth-order valence-corrected chi connectivity index (χ4v) is 2.54. The van der Waals surface area contributed by atoms with Crippen LogP contribution in [0.15, 0.2) is 5.11 Å². The number of guanidine groups is 1. The van der Waals surface area contributed by atoms with Gasteiger partial charge in [0, 0.05) is 10.0 Å². The summed E-state index contributed by atoms with van der Waals surface area (Å²) in [5.41, 5.74) is 8.56. The van der Waals surface area contributed by atoms with Crippen molar-refractivity contribution >= 4 is 5.96 Å². The van der Waals surface area contributed by atoms with Gasteiger partial charge in [-0.1, -0.05) is 51.9 Å². The highest BCUT2D eigenvalue weighted by Crippen LogP contribution is 2.10.